The first-order chi connectivity index (χ1) is 14.4. The number of nitrogens with one attached hydrogen (secondary N) is 1. The van der Waals surface area contributed by atoms with Crippen LogP contribution in [0.2, 0.25) is 0 Å². The van der Waals surface area contributed by atoms with Crippen molar-refractivity contribution >= 4 is 17.6 Å². The van der Waals surface area contributed by atoms with Crippen molar-refractivity contribution in [1.82, 2.24) is 9.78 Å². The number of methoxy groups -OCH3 is 1. The predicted octanol–water partition coefficient (Wildman–Crippen LogP) is 3.60. The highest BCUT2D eigenvalue weighted by atomic mass is 16.5. The quantitative estimate of drug-likeness (QED) is 0.633. The summed E-state index contributed by atoms with van der Waals surface area (Å²) in [6.45, 7) is 3.81. The fourth-order valence-electron chi connectivity index (χ4n) is 3.03. The Labute approximate surface area is 174 Å². The standard InChI is InChI=1S/C23H23N3O4/c1-4-20(22(28)24-18-11-9-17(10-12-18)23(29)30-3)26-21(27)14-13-19(25-26)16-7-5-15(2)6-8-16/h5-14,20H,4H2,1-3H3,(H,24,28)/t20-/m0/s1. The molecule has 0 aliphatic carbocycles. The lowest BCUT2D eigenvalue weighted by molar-refractivity contribution is -0.119. The van der Waals surface area contributed by atoms with Crippen molar-refractivity contribution in [2.24, 2.45) is 0 Å². The number of nitrogens with zero attached hydrogens (tertiary/aromatic N) is 2. The van der Waals surface area contributed by atoms with Crippen molar-refractivity contribution in [3.05, 3.63) is 82.1 Å². The average molecular weight is 405 g/mol. The van der Waals surface area contributed by atoms with E-state index in [-0.39, 0.29) is 11.5 Å². The number of rotatable bonds is 6. The molecule has 1 amide bonds. The van der Waals surface area contributed by atoms with Gasteiger partial charge in [-0.15, -0.1) is 0 Å². The molecule has 0 aliphatic rings. The lowest BCUT2D eigenvalue weighted by Gasteiger charge is -2.17. The first-order valence-electron chi connectivity index (χ1n) is 9.59. The summed E-state index contributed by atoms with van der Waals surface area (Å²) in [5, 5.41) is 7.22. The van der Waals surface area contributed by atoms with E-state index in [9.17, 15) is 14.4 Å². The number of ether oxygens (including phenoxy) is 1. The fraction of sp³-hybridized carbons (Fsp3) is 0.217. The van der Waals surface area contributed by atoms with Crippen LogP contribution in [0.1, 0.15) is 35.3 Å². The number of anilines is 1. The number of carbonyl (C=O) groups excluding carboxylic acids is 2. The van der Waals surface area contributed by atoms with Crippen molar-refractivity contribution < 1.29 is 14.3 Å². The third-order valence-electron chi connectivity index (χ3n) is 4.73. The van der Waals surface area contributed by atoms with E-state index in [2.05, 4.69) is 15.2 Å². The summed E-state index contributed by atoms with van der Waals surface area (Å²) in [5.74, 6) is -0.818. The maximum absolute atomic E-state index is 12.9. The third-order valence-corrected chi connectivity index (χ3v) is 4.73. The van der Waals surface area contributed by atoms with Crippen LogP contribution in [0, 0.1) is 6.92 Å². The Morgan fingerprint density at radius 1 is 1.03 bits per heavy atom. The molecule has 3 rings (SSSR count). The molecule has 0 bridgehead atoms. The van der Waals surface area contributed by atoms with E-state index < -0.39 is 12.0 Å². The number of esters is 1. The molecule has 1 N–H and O–H groups in total. The van der Waals surface area contributed by atoms with Gasteiger partial charge in [0.05, 0.1) is 18.4 Å². The first kappa shape index (κ1) is 21.0. The highest BCUT2D eigenvalue weighted by Gasteiger charge is 2.21. The summed E-state index contributed by atoms with van der Waals surface area (Å²) in [4.78, 5) is 36.8. The topological polar surface area (TPSA) is 90.3 Å². The van der Waals surface area contributed by atoms with Gasteiger partial charge in [0.2, 0.25) is 5.91 Å². The van der Waals surface area contributed by atoms with Crippen LogP contribution in [-0.2, 0) is 9.53 Å². The van der Waals surface area contributed by atoms with Gasteiger partial charge in [-0.2, -0.15) is 5.10 Å². The summed E-state index contributed by atoms with van der Waals surface area (Å²) in [6, 6.07) is 16.4. The number of hydrogen-bond acceptors (Lipinski definition) is 5. The summed E-state index contributed by atoms with van der Waals surface area (Å²) in [5.41, 5.74) is 3.14. The molecule has 0 saturated carbocycles. The van der Waals surface area contributed by atoms with Gasteiger partial charge in [0.25, 0.3) is 5.56 Å². The zero-order chi connectivity index (χ0) is 21.7. The number of benzene rings is 2. The summed E-state index contributed by atoms with van der Waals surface area (Å²) < 4.78 is 5.88. The maximum atomic E-state index is 12.9. The van der Waals surface area contributed by atoms with Crippen molar-refractivity contribution in [3.63, 3.8) is 0 Å². The maximum Gasteiger partial charge on any atom is 0.337 e. The van der Waals surface area contributed by atoms with Crippen LogP contribution >= 0.6 is 0 Å². The van der Waals surface area contributed by atoms with E-state index in [0.29, 0.717) is 23.4 Å². The van der Waals surface area contributed by atoms with Crippen LogP contribution in [0.4, 0.5) is 5.69 Å². The van der Waals surface area contributed by atoms with Crippen molar-refractivity contribution in [2.45, 2.75) is 26.3 Å². The van der Waals surface area contributed by atoms with Crippen LogP contribution in [0.5, 0.6) is 0 Å². The molecule has 7 heteroatoms. The Morgan fingerprint density at radius 3 is 2.30 bits per heavy atom. The highest BCUT2D eigenvalue weighted by molar-refractivity contribution is 5.95. The lowest BCUT2D eigenvalue weighted by Crippen LogP contribution is -2.34. The molecular weight excluding hydrogens is 382 g/mol. The van der Waals surface area contributed by atoms with Crippen molar-refractivity contribution in [1.29, 1.82) is 0 Å². The molecule has 0 spiro atoms. The average Bonchev–Trinajstić information content (AvgIpc) is 2.76. The summed E-state index contributed by atoms with van der Waals surface area (Å²) in [6.07, 6.45) is 0.385. The van der Waals surface area contributed by atoms with Crippen molar-refractivity contribution in [2.75, 3.05) is 12.4 Å². The minimum absolute atomic E-state index is 0.353. The van der Waals surface area contributed by atoms with Gasteiger partial charge in [-0.05, 0) is 43.7 Å². The molecule has 0 fully saturated rings. The van der Waals surface area contributed by atoms with Crippen LogP contribution in [0.15, 0.2) is 65.5 Å². The van der Waals surface area contributed by atoms with Gasteiger partial charge in [0.15, 0.2) is 0 Å². The van der Waals surface area contributed by atoms with Gasteiger partial charge >= 0.3 is 5.97 Å². The van der Waals surface area contributed by atoms with Gasteiger partial charge in [-0.25, -0.2) is 9.48 Å². The second-order valence-electron chi connectivity index (χ2n) is 6.85. The van der Waals surface area contributed by atoms with Crippen LogP contribution in [0.25, 0.3) is 11.3 Å². The first-order valence-corrected chi connectivity index (χ1v) is 9.59. The van der Waals surface area contributed by atoms with Crippen molar-refractivity contribution in [3.8, 4) is 11.3 Å². The number of aryl methyl sites for hydroxylation is 1. The van der Waals surface area contributed by atoms with E-state index in [1.165, 1.54) is 17.9 Å². The molecule has 0 saturated heterocycles. The number of hydrogen-bond donors (Lipinski definition) is 1. The number of amides is 1. The fourth-order valence-corrected chi connectivity index (χ4v) is 3.03. The van der Waals surface area contributed by atoms with Gasteiger partial charge in [-0.3, -0.25) is 9.59 Å². The smallest absolute Gasteiger partial charge is 0.337 e. The molecule has 154 valence electrons. The van der Waals surface area contributed by atoms with E-state index in [1.54, 1.807) is 30.3 Å². The Bertz CT molecular complexity index is 1100. The monoisotopic (exact) mass is 405 g/mol. The molecule has 1 atom stereocenters. The van der Waals surface area contributed by atoms with Gasteiger partial charge in [0.1, 0.15) is 6.04 Å². The molecular formula is C23H23N3O4. The second kappa shape index (κ2) is 9.17. The van der Waals surface area contributed by atoms with E-state index in [4.69, 9.17) is 0 Å². The molecule has 3 aromatic rings. The number of carbonyl (C=O) groups is 2. The van der Waals surface area contributed by atoms with E-state index in [1.807, 2.05) is 38.1 Å². The Morgan fingerprint density at radius 2 is 1.70 bits per heavy atom. The molecule has 2 aromatic carbocycles. The number of aromatic nitrogens is 2. The summed E-state index contributed by atoms with van der Waals surface area (Å²) >= 11 is 0. The zero-order valence-corrected chi connectivity index (χ0v) is 17.1. The Kier molecular flexibility index (Phi) is 6.41. The minimum atomic E-state index is -0.775. The van der Waals surface area contributed by atoms with Gasteiger partial charge in [-0.1, -0.05) is 36.8 Å². The predicted molar refractivity (Wildman–Crippen MR) is 114 cm³/mol. The molecule has 7 nitrogen and oxygen atoms in total. The van der Waals surface area contributed by atoms with Gasteiger partial charge < -0.3 is 10.1 Å². The van der Waals surface area contributed by atoms with Crippen LogP contribution in [0.3, 0.4) is 0 Å². The van der Waals surface area contributed by atoms with Crippen LogP contribution < -0.4 is 10.9 Å². The normalized spacial score (nSPS) is 11.6. The lowest BCUT2D eigenvalue weighted by atomic mass is 10.1. The third kappa shape index (κ3) is 4.63. The second-order valence-corrected chi connectivity index (χ2v) is 6.85. The van der Waals surface area contributed by atoms with Crippen LogP contribution in [-0.4, -0.2) is 28.8 Å². The molecule has 1 aromatic heterocycles. The van der Waals surface area contributed by atoms with Gasteiger partial charge in [0, 0.05) is 17.3 Å². The van der Waals surface area contributed by atoms with E-state index >= 15 is 0 Å². The Hall–Kier alpha value is -3.74. The molecule has 1 heterocycles. The van der Waals surface area contributed by atoms with E-state index in [0.717, 1.165) is 11.1 Å². The molecule has 30 heavy (non-hydrogen) atoms. The summed E-state index contributed by atoms with van der Waals surface area (Å²) in [7, 11) is 1.30. The SMILES string of the molecule is CC[C@@H](C(=O)Nc1ccc(C(=O)OC)cc1)n1nc(-c2ccc(C)cc2)ccc1=O. The molecule has 0 radical (unpaired) electrons. The molecule has 0 aliphatic heterocycles. The highest BCUT2D eigenvalue weighted by Crippen LogP contribution is 2.19. The minimum Gasteiger partial charge on any atom is -0.465 e. The Balaban J connectivity index is 1.85. The molecule has 0 unspecified atom stereocenters. The zero-order valence-electron chi connectivity index (χ0n) is 17.1. The largest absolute Gasteiger partial charge is 0.465 e.